The normalized spacial score (nSPS) is 15.0. The average molecular weight is 302 g/mol. The summed E-state index contributed by atoms with van der Waals surface area (Å²) in [4.78, 5) is 32.2. The van der Waals surface area contributed by atoms with E-state index < -0.39 is 0 Å². The highest BCUT2D eigenvalue weighted by molar-refractivity contribution is 5.92. The molecule has 0 bridgehead atoms. The van der Waals surface area contributed by atoms with E-state index in [4.69, 9.17) is 4.74 Å². The summed E-state index contributed by atoms with van der Waals surface area (Å²) in [6, 6.07) is 7.88. The number of aromatic amines is 2. The number of anilines is 1. The van der Waals surface area contributed by atoms with E-state index in [1.54, 1.807) is 12.0 Å². The Bertz CT molecular complexity index is 713. The molecule has 0 aliphatic carbocycles. The maximum atomic E-state index is 12.3. The minimum absolute atomic E-state index is 0.149. The fourth-order valence-corrected chi connectivity index (χ4v) is 2.59. The summed E-state index contributed by atoms with van der Waals surface area (Å²) in [7, 11) is 1.65. The van der Waals surface area contributed by atoms with Crippen LogP contribution in [0.5, 0.6) is 5.75 Å². The number of H-pyrrole nitrogens is 2. The summed E-state index contributed by atoms with van der Waals surface area (Å²) < 4.78 is 5.24. The van der Waals surface area contributed by atoms with E-state index in [1.807, 2.05) is 24.3 Å². The van der Waals surface area contributed by atoms with Gasteiger partial charge < -0.3 is 24.5 Å². The van der Waals surface area contributed by atoms with Crippen molar-refractivity contribution >= 4 is 11.6 Å². The van der Waals surface area contributed by atoms with Gasteiger partial charge in [0.2, 0.25) is 0 Å². The SMILES string of the molecule is COc1cccc(N2CCN(C(=O)c3c[nH]c(=O)[nH]3)CC2)c1. The number of nitrogens with one attached hydrogen (secondary N) is 2. The Morgan fingerprint density at radius 3 is 2.64 bits per heavy atom. The Balaban J connectivity index is 1.64. The molecule has 3 rings (SSSR count). The van der Waals surface area contributed by atoms with Crippen molar-refractivity contribution < 1.29 is 9.53 Å². The van der Waals surface area contributed by atoms with Crippen molar-refractivity contribution in [2.45, 2.75) is 0 Å². The fourth-order valence-electron chi connectivity index (χ4n) is 2.59. The number of imidazole rings is 1. The third-order valence-corrected chi connectivity index (χ3v) is 3.81. The molecule has 0 radical (unpaired) electrons. The van der Waals surface area contributed by atoms with Crippen LogP contribution >= 0.6 is 0 Å². The van der Waals surface area contributed by atoms with Gasteiger partial charge >= 0.3 is 5.69 Å². The lowest BCUT2D eigenvalue weighted by atomic mass is 10.2. The van der Waals surface area contributed by atoms with Gasteiger partial charge in [-0.2, -0.15) is 0 Å². The summed E-state index contributed by atoms with van der Waals surface area (Å²) in [6.45, 7) is 2.72. The van der Waals surface area contributed by atoms with Crippen LogP contribution in [0.2, 0.25) is 0 Å². The third-order valence-electron chi connectivity index (χ3n) is 3.81. The smallest absolute Gasteiger partial charge is 0.323 e. The van der Waals surface area contributed by atoms with Crippen molar-refractivity contribution in [2.24, 2.45) is 0 Å². The Hall–Kier alpha value is -2.70. The lowest BCUT2D eigenvalue weighted by molar-refractivity contribution is 0.0741. The molecule has 1 fully saturated rings. The molecule has 2 heterocycles. The second-order valence-corrected chi connectivity index (χ2v) is 5.14. The maximum absolute atomic E-state index is 12.3. The highest BCUT2D eigenvalue weighted by Crippen LogP contribution is 2.22. The molecule has 7 nitrogen and oxygen atoms in total. The number of methoxy groups -OCH3 is 1. The zero-order valence-corrected chi connectivity index (χ0v) is 12.3. The van der Waals surface area contributed by atoms with Crippen LogP contribution in [0.25, 0.3) is 0 Å². The lowest BCUT2D eigenvalue weighted by Gasteiger charge is -2.36. The van der Waals surface area contributed by atoms with Crippen LogP contribution in [0.1, 0.15) is 10.5 Å². The second kappa shape index (κ2) is 5.97. The number of carbonyl (C=O) groups is 1. The second-order valence-electron chi connectivity index (χ2n) is 5.14. The van der Waals surface area contributed by atoms with Crippen LogP contribution in [0.4, 0.5) is 5.69 Å². The van der Waals surface area contributed by atoms with Gasteiger partial charge in [-0.1, -0.05) is 6.07 Å². The number of benzene rings is 1. The number of hydrogen-bond acceptors (Lipinski definition) is 4. The quantitative estimate of drug-likeness (QED) is 0.873. The Morgan fingerprint density at radius 1 is 1.23 bits per heavy atom. The van der Waals surface area contributed by atoms with Crippen LogP contribution in [0, 0.1) is 0 Å². The topological polar surface area (TPSA) is 81.4 Å². The van der Waals surface area contributed by atoms with Gasteiger partial charge in [0, 0.05) is 44.1 Å². The van der Waals surface area contributed by atoms with Gasteiger partial charge in [0.25, 0.3) is 5.91 Å². The molecular weight excluding hydrogens is 284 g/mol. The van der Waals surface area contributed by atoms with Crippen molar-refractivity contribution in [2.75, 3.05) is 38.2 Å². The Labute approximate surface area is 127 Å². The highest BCUT2D eigenvalue weighted by Gasteiger charge is 2.23. The number of piperazine rings is 1. The van der Waals surface area contributed by atoms with Gasteiger partial charge in [0.05, 0.1) is 7.11 Å². The van der Waals surface area contributed by atoms with Gasteiger partial charge in [-0.3, -0.25) is 4.79 Å². The molecule has 1 aliphatic heterocycles. The molecule has 1 aromatic carbocycles. The molecule has 1 saturated heterocycles. The van der Waals surface area contributed by atoms with Crippen LogP contribution in [-0.2, 0) is 0 Å². The Kier molecular flexibility index (Phi) is 3.86. The monoisotopic (exact) mass is 302 g/mol. The van der Waals surface area contributed by atoms with Crippen LogP contribution < -0.4 is 15.3 Å². The van der Waals surface area contributed by atoms with Crippen molar-refractivity contribution in [3.63, 3.8) is 0 Å². The molecule has 0 atom stereocenters. The largest absolute Gasteiger partial charge is 0.497 e. The van der Waals surface area contributed by atoms with E-state index in [2.05, 4.69) is 14.9 Å². The lowest BCUT2D eigenvalue weighted by Crippen LogP contribution is -2.49. The molecule has 2 N–H and O–H groups in total. The number of amides is 1. The molecule has 22 heavy (non-hydrogen) atoms. The summed E-state index contributed by atoms with van der Waals surface area (Å²) in [5.74, 6) is 0.671. The number of hydrogen-bond donors (Lipinski definition) is 2. The number of carbonyl (C=O) groups excluding carboxylic acids is 1. The van der Waals surface area contributed by atoms with Gasteiger partial charge in [0.15, 0.2) is 0 Å². The molecule has 116 valence electrons. The summed E-state index contributed by atoms with van der Waals surface area (Å²) >= 11 is 0. The minimum Gasteiger partial charge on any atom is -0.497 e. The molecular formula is C15H18N4O3. The van der Waals surface area contributed by atoms with Gasteiger partial charge in [0.1, 0.15) is 11.4 Å². The minimum atomic E-state index is -0.363. The molecule has 2 aromatic rings. The van der Waals surface area contributed by atoms with Crippen LogP contribution in [0.3, 0.4) is 0 Å². The van der Waals surface area contributed by atoms with E-state index in [1.165, 1.54) is 6.20 Å². The van der Waals surface area contributed by atoms with E-state index in [-0.39, 0.29) is 11.6 Å². The number of aromatic nitrogens is 2. The van der Waals surface area contributed by atoms with Gasteiger partial charge in [-0.05, 0) is 12.1 Å². The zero-order chi connectivity index (χ0) is 15.5. The van der Waals surface area contributed by atoms with Gasteiger partial charge in [-0.15, -0.1) is 0 Å². The zero-order valence-electron chi connectivity index (χ0n) is 12.3. The molecule has 1 amide bonds. The molecule has 0 saturated carbocycles. The van der Waals surface area contributed by atoms with E-state index in [0.717, 1.165) is 24.5 Å². The first-order valence-electron chi connectivity index (χ1n) is 7.13. The summed E-state index contributed by atoms with van der Waals surface area (Å²) in [5.41, 5.74) is 1.03. The number of rotatable bonds is 3. The predicted molar refractivity (Wildman–Crippen MR) is 82.5 cm³/mol. The maximum Gasteiger partial charge on any atom is 0.323 e. The average Bonchev–Trinajstić information content (AvgIpc) is 3.01. The van der Waals surface area contributed by atoms with E-state index >= 15 is 0 Å². The molecule has 7 heteroatoms. The molecule has 0 spiro atoms. The van der Waals surface area contributed by atoms with Crippen LogP contribution in [-0.4, -0.2) is 54.1 Å². The summed E-state index contributed by atoms with van der Waals surface area (Å²) in [6.07, 6.45) is 1.42. The standard InChI is InChI=1S/C15H18N4O3/c1-22-12-4-2-3-11(9-12)18-5-7-19(8-6-18)14(20)13-10-16-15(21)17-13/h2-4,9-10H,5-8H2,1H3,(H2,16,17,21). The summed E-state index contributed by atoms with van der Waals surface area (Å²) in [5, 5.41) is 0. The van der Waals surface area contributed by atoms with Crippen molar-refractivity contribution in [3.8, 4) is 5.75 Å². The van der Waals surface area contributed by atoms with Gasteiger partial charge in [-0.25, -0.2) is 4.79 Å². The number of ether oxygens (including phenoxy) is 1. The van der Waals surface area contributed by atoms with E-state index in [0.29, 0.717) is 18.8 Å². The third kappa shape index (κ3) is 2.83. The number of nitrogens with zero attached hydrogens (tertiary/aromatic N) is 2. The van der Waals surface area contributed by atoms with Crippen molar-refractivity contribution in [1.82, 2.24) is 14.9 Å². The predicted octanol–water partition coefficient (Wildman–Crippen LogP) is 0.674. The highest BCUT2D eigenvalue weighted by atomic mass is 16.5. The van der Waals surface area contributed by atoms with Crippen LogP contribution in [0.15, 0.2) is 35.3 Å². The first-order valence-corrected chi connectivity index (χ1v) is 7.13. The Morgan fingerprint density at radius 2 is 2.00 bits per heavy atom. The molecule has 1 aromatic heterocycles. The van der Waals surface area contributed by atoms with E-state index in [9.17, 15) is 9.59 Å². The fraction of sp³-hybridized carbons (Fsp3) is 0.333. The molecule has 1 aliphatic rings. The first-order chi connectivity index (χ1) is 10.7. The van der Waals surface area contributed by atoms with Crippen molar-refractivity contribution in [1.29, 1.82) is 0 Å². The van der Waals surface area contributed by atoms with Crippen molar-refractivity contribution in [3.05, 3.63) is 46.6 Å². The first kappa shape index (κ1) is 14.2. The molecule has 0 unspecified atom stereocenters.